The summed E-state index contributed by atoms with van der Waals surface area (Å²) in [6.07, 6.45) is 0. The number of carbonyl (C=O) groups is 4. The van der Waals surface area contributed by atoms with Gasteiger partial charge in [0, 0.05) is 18.6 Å². The van der Waals surface area contributed by atoms with Gasteiger partial charge in [-0.3, -0.25) is 38.7 Å². The summed E-state index contributed by atoms with van der Waals surface area (Å²) in [5.41, 5.74) is -1.78. The van der Waals surface area contributed by atoms with E-state index in [0.717, 1.165) is 16.7 Å². The van der Waals surface area contributed by atoms with E-state index in [1.54, 1.807) is 0 Å². The Morgan fingerprint density at radius 1 is 1.39 bits per heavy atom. The molecule has 176 valence electrons. The minimum Gasteiger partial charge on any atom is -0.477 e. The van der Waals surface area contributed by atoms with E-state index in [9.17, 15) is 38.8 Å². The van der Waals surface area contributed by atoms with Gasteiger partial charge >= 0.3 is 17.1 Å². The number of nitrogens with zero attached hydrogens (tertiary/aromatic N) is 4. The van der Waals surface area contributed by atoms with Gasteiger partial charge in [-0.05, 0) is 10.7 Å². The summed E-state index contributed by atoms with van der Waals surface area (Å²) in [6, 6.07) is -2.95. The predicted octanol–water partition coefficient (Wildman–Crippen LogP) is -1.60. The number of carboxylic acids is 1. The van der Waals surface area contributed by atoms with Crippen LogP contribution in [0.4, 0.5) is 0 Å². The van der Waals surface area contributed by atoms with Crippen molar-refractivity contribution in [3.05, 3.63) is 36.9 Å². The molecule has 0 saturated carbocycles. The van der Waals surface area contributed by atoms with Gasteiger partial charge in [0.15, 0.2) is 10.9 Å². The van der Waals surface area contributed by atoms with Crippen molar-refractivity contribution < 1.29 is 24.3 Å². The highest BCUT2D eigenvalue weighted by atomic mass is 79.9. The third-order valence-corrected chi connectivity index (χ3v) is 7.67. The number of fused-ring (bicyclic) bond motifs is 1. The van der Waals surface area contributed by atoms with E-state index in [-0.39, 0.29) is 27.7 Å². The summed E-state index contributed by atoms with van der Waals surface area (Å²) >= 11 is 5.02. The van der Waals surface area contributed by atoms with E-state index in [0.29, 0.717) is 5.57 Å². The van der Waals surface area contributed by atoms with Gasteiger partial charge in [-0.25, -0.2) is 4.79 Å². The topological polar surface area (TPSA) is 201 Å². The second-order valence-electron chi connectivity index (χ2n) is 6.75. The van der Waals surface area contributed by atoms with Crippen molar-refractivity contribution in [2.75, 3.05) is 16.8 Å². The molecule has 3 rings (SSSR count). The molecule has 2 amide bonds. The normalized spacial score (nSPS) is 20.5. The molecule has 0 spiro atoms. The molecule has 1 unspecified atom stereocenters. The van der Waals surface area contributed by atoms with Crippen LogP contribution in [-0.2, 0) is 26.2 Å². The average Bonchev–Trinajstić information content (AvgIpc) is 2.78. The minimum absolute atomic E-state index is 0.0609. The van der Waals surface area contributed by atoms with Gasteiger partial charge in [-0.2, -0.15) is 4.98 Å². The Bertz CT molecular complexity index is 1200. The van der Waals surface area contributed by atoms with Crippen LogP contribution in [0.15, 0.2) is 31.2 Å². The van der Waals surface area contributed by atoms with Crippen LogP contribution in [0.5, 0.6) is 0 Å². The van der Waals surface area contributed by atoms with E-state index in [1.807, 2.05) is 0 Å². The minimum atomic E-state index is -1.82. The number of hydrogen-bond acceptors (Lipinski definition) is 11. The molecule has 14 nitrogen and oxygen atoms in total. The number of carboxylic acid groups (broad SMARTS) is 1. The zero-order valence-electron chi connectivity index (χ0n) is 16.6. The number of nitroso groups, excluding NO2 is 1. The monoisotopic (exact) mass is 562 g/mol. The number of aromatic amines is 1. The van der Waals surface area contributed by atoms with E-state index in [2.05, 4.69) is 36.5 Å². The number of β-lactam (4-membered cyclic amide) rings is 1. The first kappa shape index (κ1) is 24.8. The third-order valence-electron chi connectivity index (χ3n) is 4.66. The van der Waals surface area contributed by atoms with E-state index < -0.39 is 52.1 Å². The molecule has 3 atom stereocenters. The maximum Gasteiger partial charge on any atom is 0.352 e. The lowest BCUT2D eigenvalue weighted by atomic mass is 10.0. The molecule has 1 saturated heterocycles. The first-order chi connectivity index (χ1) is 15.6. The first-order valence-electron chi connectivity index (χ1n) is 9.02. The van der Waals surface area contributed by atoms with Crippen molar-refractivity contribution in [3.8, 4) is 0 Å². The van der Waals surface area contributed by atoms with Gasteiger partial charge in [-0.15, -0.1) is 16.7 Å². The highest BCUT2D eigenvalue weighted by molar-refractivity contribution is 9.09. The first-order valence-corrected chi connectivity index (χ1v) is 12.2. The maximum atomic E-state index is 12.6. The average molecular weight is 563 g/mol. The van der Waals surface area contributed by atoms with Crippen LogP contribution < -0.4 is 16.4 Å². The van der Waals surface area contributed by atoms with Gasteiger partial charge in [0.1, 0.15) is 17.1 Å². The number of nitrogens with one attached hydrogen (secondary N) is 2. The third kappa shape index (κ3) is 4.79. The van der Waals surface area contributed by atoms with Crippen LogP contribution in [0.3, 0.4) is 0 Å². The zero-order chi connectivity index (χ0) is 24.4. The van der Waals surface area contributed by atoms with Gasteiger partial charge < -0.3 is 10.4 Å². The second-order valence-corrected chi connectivity index (χ2v) is 9.36. The molecule has 1 fully saturated rings. The van der Waals surface area contributed by atoms with Crippen molar-refractivity contribution >= 4 is 63.0 Å². The van der Waals surface area contributed by atoms with Crippen molar-refractivity contribution in [1.82, 2.24) is 25.0 Å². The van der Waals surface area contributed by atoms with Crippen LogP contribution in [0.2, 0.25) is 0 Å². The number of hydrogen-bond donors (Lipinski definition) is 3. The summed E-state index contributed by atoms with van der Waals surface area (Å²) < 4.78 is 1.22. The Hall–Kier alpha value is -2.79. The highest BCUT2D eigenvalue weighted by Gasteiger charge is 2.54. The number of carbonyl (C=O) groups excluding carboxylic acids is 3. The fourth-order valence-electron chi connectivity index (χ4n) is 3.09. The summed E-state index contributed by atoms with van der Waals surface area (Å²) in [5.74, 6) is -3.66. The Morgan fingerprint density at radius 3 is 2.70 bits per heavy atom. The van der Waals surface area contributed by atoms with Crippen molar-refractivity contribution in [2.24, 2.45) is 12.2 Å². The summed E-state index contributed by atoms with van der Waals surface area (Å²) in [5, 5.41) is 15.9. The number of alkyl halides is 1. The number of Topliss-reactive ketones (excluding diaryl/α,β-unsaturated/α-hetero) is 1. The van der Waals surface area contributed by atoms with Crippen molar-refractivity contribution in [2.45, 2.75) is 22.6 Å². The van der Waals surface area contributed by atoms with Gasteiger partial charge in [0.2, 0.25) is 6.04 Å². The Kier molecular flexibility index (Phi) is 7.53. The largest absolute Gasteiger partial charge is 0.477 e. The zero-order valence-corrected chi connectivity index (χ0v) is 19.9. The molecule has 2 aliphatic heterocycles. The van der Waals surface area contributed by atoms with Gasteiger partial charge in [0.25, 0.3) is 11.8 Å². The summed E-state index contributed by atoms with van der Waals surface area (Å²) in [6.45, 7) is 0. The Labute approximate surface area is 200 Å². The molecule has 1 aromatic rings. The number of aliphatic carboxylic acids is 1. The molecular weight excluding hydrogens is 548 g/mol. The molecule has 1 aromatic heterocycles. The van der Waals surface area contributed by atoms with E-state index in [4.69, 9.17) is 0 Å². The fourth-order valence-corrected chi connectivity index (χ4v) is 5.80. The maximum absolute atomic E-state index is 12.6. The standard InChI is InChI=1S/C16H15BrN6O8S2/c1-22-16(19-11(26)12(27)20-22)33-4-5-3-32-14-8(13(28)23(14)9(5)15(29)30)18-10(25)7(21-31)6(24)2-17/h7-8,14H,2-4H2,1H3,(H,18,25)(H,20,27)(H,29,30)/t7?,8-,14-/m1/s1. The van der Waals surface area contributed by atoms with E-state index in [1.165, 1.54) is 23.5 Å². The quantitative estimate of drug-likeness (QED) is 0.0780. The molecule has 0 bridgehead atoms. The highest BCUT2D eigenvalue weighted by Crippen LogP contribution is 2.41. The SMILES string of the molecule is Cn1[nH]c(=O)c(=O)nc1SCC1=C(C(=O)O)N2C(=O)[C@@H](NC(=O)C(N=O)C(=O)CBr)[C@H]2SC1. The number of ketones is 1. The molecule has 2 aliphatic rings. The van der Waals surface area contributed by atoms with Crippen LogP contribution in [0.1, 0.15) is 0 Å². The van der Waals surface area contributed by atoms with Gasteiger partial charge in [-0.1, -0.05) is 27.7 Å². The van der Waals surface area contributed by atoms with Gasteiger partial charge in [0.05, 0.1) is 5.33 Å². The smallest absolute Gasteiger partial charge is 0.352 e. The summed E-state index contributed by atoms with van der Waals surface area (Å²) in [4.78, 5) is 86.7. The number of amides is 2. The lowest BCUT2D eigenvalue weighted by molar-refractivity contribution is -0.151. The van der Waals surface area contributed by atoms with Crippen LogP contribution in [0.25, 0.3) is 0 Å². The molecule has 17 heteroatoms. The molecule has 33 heavy (non-hydrogen) atoms. The molecule has 3 heterocycles. The number of aromatic nitrogens is 3. The molecule has 0 radical (unpaired) electrons. The number of halogens is 1. The Morgan fingerprint density at radius 2 is 2.09 bits per heavy atom. The molecular formula is C16H15BrN6O8S2. The van der Waals surface area contributed by atoms with Crippen LogP contribution >= 0.6 is 39.5 Å². The summed E-state index contributed by atoms with van der Waals surface area (Å²) in [7, 11) is 1.46. The lowest BCUT2D eigenvalue weighted by Crippen LogP contribution is -2.71. The van der Waals surface area contributed by atoms with Crippen molar-refractivity contribution in [3.63, 3.8) is 0 Å². The van der Waals surface area contributed by atoms with E-state index >= 15 is 0 Å². The van der Waals surface area contributed by atoms with Crippen LogP contribution in [0, 0.1) is 4.91 Å². The number of H-pyrrole nitrogens is 1. The fraction of sp³-hybridized carbons (Fsp3) is 0.438. The molecule has 0 aliphatic carbocycles. The second kappa shape index (κ2) is 10.0. The molecule has 3 N–H and O–H groups in total. The number of aryl methyl sites for hydroxylation is 1. The number of rotatable bonds is 9. The molecule has 0 aromatic carbocycles. The number of thioether (sulfide) groups is 2. The predicted molar refractivity (Wildman–Crippen MR) is 119 cm³/mol. The van der Waals surface area contributed by atoms with Crippen molar-refractivity contribution in [1.29, 1.82) is 0 Å². The Balaban J connectivity index is 1.77. The van der Waals surface area contributed by atoms with Crippen LogP contribution in [-0.4, -0.2) is 82.6 Å². The lowest BCUT2D eigenvalue weighted by Gasteiger charge is -2.49.